The first-order valence-corrected chi connectivity index (χ1v) is 10.0. The largest absolute Gasteiger partial charge is 0.497 e. The Labute approximate surface area is 191 Å². The average molecular weight is 454 g/mol. The molecule has 1 amide bonds. The molecule has 1 aromatic heterocycles. The van der Waals surface area contributed by atoms with Crippen LogP contribution in [0, 0.1) is 6.92 Å². The highest BCUT2D eigenvalue weighted by Gasteiger charge is 2.26. The summed E-state index contributed by atoms with van der Waals surface area (Å²) in [4.78, 5) is 26.8. The zero-order chi connectivity index (χ0) is 24.0. The Hall–Kier alpha value is -4.08. The molecule has 0 bridgehead atoms. The van der Waals surface area contributed by atoms with Crippen molar-refractivity contribution in [2.45, 2.75) is 13.5 Å². The fourth-order valence-electron chi connectivity index (χ4n) is 3.26. The van der Waals surface area contributed by atoms with E-state index < -0.39 is 11.9 Å². The third-order valence-electron chi connectivity index (χ3n) is 5.01. The van der Waals surface area contributed by atoms with Crippen LogP contribution in [-0.2, 0) is 16.1 Å². The molecule has 2 aromatic carbocycles. The van der Waals surface area contributed by atoms with Crippen molar-refractivity contribution >= 4 is 11.9 Å². The Bertz CT molecular complexity index is 1120. The summed E-state index contributed by atoms with van der Waals surface area (Å²) in [5.41, 5.74) is 2.04. The Kier molecular flexibility index (Phi) is 7.50. The SMILES string of the molecule is COC(=O)CN(Cc1cc(OC)cc(OC)c1)C(=O)c1nnn(-c2cccc(OC)c2)c1C. The Morgan fingerprint density at radius 3 is 2.21 bits per heavy atom. The Balaban J connectivity index is 1.94. The lowest BCUT2D eigenvalue weighted by Gasteiger charge is -2.21. The van der Waals surface area contributed by atoms with E-state index in [1.807, 2.05) is 18.2 Å². The van der Waals surface area contributed by atoms with Gasteiger partial charge in [-0.3, -0.25) is 9.59 Å². The molecule has 1 heterocycles. The Morgan fingerprint density at radius 1 is 0.939 bits per heavy atom. The van der Waals surface area contributed by atoms with Crippen molar-refractivity contribution in [2.75, 3.05) is 35.0 Å². The summed E-state index contributed by atoms with van der Waals surface area (Å²) in [5, 5.41) is 8.22. The van der Waals surface area contributed by atoms with Gasteiger partial charge in [-0.15, -0.1) is 5.10 Å². The van der Waals surface area contributed by atoms with E-state index >= 15 is 0 Å². The van der Waals surface area contributed by atoms with Gasteiger partial charge < -0.3 is 23.8 Å². The van der Waals surface area contributed by atoms with E-state index in [2.05, 4.69) is 10.3 Å². The second kappa shape index (κ2) is 10.5. The van der Waals surface area contributed by atoms with Crippen LogP contribution in [0.2, 0.25) is 0 Å². The lowest BCUT2D eigenvalue weighted by Crippen LogP contribution is -2.36. The van der Waals surface area contributed by atoms with Crippen LogP contribution in [0.3, 0.4) is 0 Å². The number of rotatable bonds is 9. The van der Waals surface area contributed by atoms with Crippen LogP contribution in [0.1, 0.15) is 21.7 Å². The summed E-state index contributed by atoms with van der Waals surface area (Å²) < 4.78 is 22.2. The van der Waals surface area contributed by atoms with Crippen LogP contribution in [-0.4, -0.2) is 66.8 Å². The number of benzene rings is 2. The molecular formula is C23H26N4O6. The fourth-order valence-corrected chi connectivity index (χ4v) is 3.26. The summed E-state index contributed by atoms with van der Waals surface area (Å²) in [6, 6.07) is 12.5. The number of hydrogen-bond acceptors (Lipinski definition) is 8. The normalized spacial score (nSPS) is 10.5. The number of carbonyl (C=O) groups is 2. The highest BCUT2D eigenvalue weighted by atomic mass is 16.5. The van der Waals surface area contributed by atoms with E-state index in [1.165, 1.54) is 26.2 Å². The van der Waals surface area contributed by atoms with Gasteiger partial charge in [0.25, 0.3) is 5.91 Å². The number of aromatic nitrogens is 3. The topological polar surface area (TPSA) is 105 Å². The zero-order valence-electron chi connectivity index (χ0n) is 19.2. The quantitative estimate of drug-likeness (QED) is 0.454. The van der Waals surface area contributed by atoms with E-state index in [0.717, 1.165) is 0 Å². The molecule has 0 unspecified atom stereocenters. The van der Waals surface area contributed by atoms with Crippen molar-refractivity contribution in [2.24, 2.45) is 0 Å². The van der Waals surface area contributed by atoms with Crippen LogP contribution in [0.15, 0.2) is 42.5 Å². The van der Waals surface area contributed by atoms with Crippen molar-refractivity contribution in [1.82, 2.24) is 19.9 Å². The number of amides is 1. The van der Waals surface area contributed by atoms with Crippen molar-refractivity contribution in [3.63, 3.8) is 0 Å². The van der Waals surface area contributed by atoms with Gasteiger partial charge >= 0.3 is 5.97 Å². The van der Waals surface area contributed by atoms with Gasteiger partial charge in [0, 0.05) is 18.7 Å². The number of hydrogen-bond donors (Lipinski definition) is 0. The van der Waals surface area contributed by atoms with Gasteiger partial charge in [0.15, 0.2) is 5.69 Å². The fraction of sp³-hybridized carbons (Fsp3) is 0.304. The number of nitrogens with zero attached hydrogens (tertiary/aromatic N) is 4. The molecular weight excluding hydrogens is 428 g/mol. The lowest BCUT2D eigenvalue weighted by molar-refractivity contribution is -0.141. The maximum Gasteiger partial charge on any atom is 0.325 e. The number of ether oxygens (including phenoxy) is 4. The third-order valence-corrected chi connectivity index (χ3v) is 5.01. The lowest BCUT2D eigenvalue weighted by atomic mass is 10.1. The number of carbonyl (C=O) groups excluding carboxylic acids is 2. The Morgan fingerprint density at radius 2 is 1.61 bits per heavy atom. The maximum absolute atomic E-state index is 13.4. The predicted octanol–water partition coefficient (Wildman–Crippen LogP) is 2.42. The standard InChI is InChI=1S/C23H26N4O6/c1-15-22(24-25-27(15)17-7-6-8-18(11-17)30-2)23(29)26(14-21(28)33-5)13-16-9-19(31-3)12-20(10-16)32-4/h6-12H,13-14H2,1-5H3. The minimum Gasteiger partial charge on any atom is -0.497 e. The minimum absolute atomic E-state index is 0.104. The first kappa shape index (κ1) is 23.6. The molecule has 0 aliphatic heterocycles. The molecule has 33 heavy (non-hydrogen) atoms. The average Bonchev–Trinajstić information content (AvgIpc) is 3.23. The molecule has 0 aliphatic carbocycles. The van der Waals surface area contributed by atoms with Gasteiger partial charge in [-0.2, -0.15) is 0 Å². The summed E-state index contributed by atoms with van der Waals surface area (Å²) in [6.45, 7) is 1.57. The second-order valence-corrected chi connectivity index (χ2v) is 7.10. The molecule has 10 heteroatoms. The molecule has 3 aromatic rings. The molecule has 0 radical (unpaired) electrons. The van der Waals surface area contributed by atoms with Gasteiger partial charge in [0.2, 0.25) is 0 Å². The van der Waals surface area contributed by atoms with Crippen LogP contribution < -0.4 is 14.2 Å². The smallest absolute Gasteiger partial charge is 0.325 e. The summed E-state index contributed by atoms with van der Waals surface area (Å²) in [5.74, 6) is 0.754. The highest BCUT2D eigenvalue weighted by molar-refractivity contribution is 5.95. The number of esters is 1. The van der Waals surface area contributed by atoms with E-state index in [-0.39, 0.29) is 18.8 Å². The van der Waals surface area contributed by atoms with E-state index in [1.54, 1.807) is 43.0 Å². The monoisotopic (exact) mass is 454 g/mol. The van der Waals surface area contributed by atoms with E-state index in [0.29, 0.717) is 34.2 Å². The van der Waals surface area contributed by atoms with Crippen LogP contribution in [0.25, 0.3) is 5.69 Å². The van der Waals surface area contributed by atoms with Crippen molar-refractivity contribution in [3.8, 4) is 22.9 Å². The first-order valence-electron chi connectivity index (χ1n) is 10.0. The molecule has 0 saturated heterocycles. The molecule has 174 valence electrons. The molecule has 0 N–H and O–H groups in total. The molecule has 0 spiro atoms. The van der Waals surface area contributed by atoms with Gasteiger partial charge in [0.1, 0.15) is 23.8 Å². The van der Waals surface area contributed by atoms with Gasteiger partial charge in [-0.05, 0) is 36.8 Å². The summed E-state index contributed by atoms with van der Waals surface area (Å²) in [7, 11) is 5.91. The van der Waals surface area contributed by atoms with Gasteiger partial charge in [-0.1, -0.05) is 11.3 Å². The number of methoxy groups -OCH3 is 4. The van der Waals surface area contributed by atoms with Crippen LogP contribution in [0.4, 0.5) is 0 Å². The molecule has 10 nitrogen and oxygen atoms in total. The van der Waals surface area contributed by atoms with Gasteiger partial charge in [0.05, 0.1) is 39.8 Å². The highest BCUT2D eigenvalue weighted by Crippen LogP contribution is 2.24. The van der Waals surface area contributed by atoms with Crippen molar-refractivity contribution in [3.05, 3.63) is 59.4 Å². The zero-order valence-corrected chi connectivity index (χ0v) is 19.2. The third kappa shape index (κ3) is 5.40. The molecule has 0 aliphatic rings. The first-order chi connectivity index (χ1) is 15.9. The predicted molar refractivity (Wildman–Crippen MR) is 119 cm³/mol. The summed E-state index contributed by atoms with van der Waals surface area (Å²) >= 11 is 0. The van der Waals surface area contributed by atoms with Crippen LogP contribution >= 0.6 is 0 Å². The second-order valence-electron chi connectivity index (χ2n) is 7.10. The minimum atomic E-state index is -0.559. The van der Waals surface area contributed by atoms with Crippen molar-refractivity contribution < 1.29 is 28.5 Å². The van der Waals surface area contributed by atoms with Crippen molar-refractivity contribution in [1.29, 1.82) is 0 Å². The molecule has 0 atom stereocenters. The van der Waals surface area contributed by atoms with E-state index in [9.17, 15) is 9.59 Å². The molecule has 3 rings (SSSR count). The van der Waals surface area contributed by atoms with Crippen LogP contribution in [0.5, 0.6) is 17.2 Å². The van der Waals surface area contributed by atoms with E-state index in [4.69, 9.17) is 18.9 Å². The maximum atomic E-state index is 13.4. The summed E-state index contributed by atoms with van der Waals surface area (Å²) in [6.07, 6.45) is 0. The molecule has 0 fully saturated rings. The van der Waals surface area contributed by atoms with Gasteiger partial charge in [-0.25, -0.2) is 4.68 Å². The molecule has 0 saturated carbocycles.